The summed E-state index contributed by atoms with van der Waals surface area (Å²) in [6.07, 6.45) is 6.03. The Kier molecular flexibility index (Phi) is 4.53. The lowest BCUT2D eigenvalue weighted by atomic mass is 9.94. The highest BCUT2D eigenvalue weighted by Gasteiger charge is 2.20. The van der Waals surface area contributed by atoms with Crippen molar-refractivity contribution in [3.05, 3.63) is 35.1 Å². The molecule has 0 saturated heterocycles. The molecule has 19 heavy (non-hydrogen) atoms. The van der Waals surface area contributed by atoms with Gasteiger partial charge in [0.2, 0.25) is 0 Å². The lowest BCUT2D eigenvalue weighted by Crippen LogP contribution is -2.33. The summed E-state index contributed by atoms with van der Waals surface area (Å²) in [5, 5.41) is 9.14. The Morgan fingerprint density at radius 3 is 2.68 bits per heavy atom. The van der Waals surface area contributed by atoms with E-state index < -0.39 is 5.97 Å². The molecule has 1 aliphatic rings. The molecule has 4 heteroatoms. The van der Waals surface area contributed by atoms with E-state index in [9.17, 15) is 9.18 Å². The first kappa shape index (κ1) is 14.0. The Labute approximate surface area is 113 Å². The van der Waals surface area contributed by atoms with Crippen LogP contribution in [0, 0.1) is 5.82 Å². The normalized spacial score (nSPS) is 16.8. The molecule has 1 saturated carbocycles. The fourth-order valence-corrected chi connectivity index (χ4v) is 2.82. The van der Waals surface area contributed by atoms with Crippen molar-refractivity contribution in [2.24, 2.45) is 0 Å². The zero-order valence-electron chi connectivity index (χ0n) is 11.2. The van der Waals surface area contributed by atoms with E-state index in [1.165, 1.54) is 37.5 Å². The van der Waals surface area contributed by atoms with Crippen molar-refractivity contribution in [1.29, 1.82) is 0 Å². The lowest BCUT2D eigenvalue weighted by molar-refractivity contribution is 0.0693. The second-order valence-corrected chi connectivity index (χ2v) is 5.31. The van der Waals surface area contributed by atoms with Gasteiger partial charge in [-0.25, -0.2) is 9.18 Å². The number of nitrogens with zero attached hydrogens (tertiary/aromatic N) is 1. The number of carboxylic acids is 1. The topological polar surface area (TPSA) is 40.5 Å². The summed E-state index contributed by atoms with van der Waals surface area (Å²) in [6.45, 7) is 0.490. The minimum atomic E-state index is -0.993. The predicted octanol–water partition coefficient (Wildman–Crippen LogP) is 3.29. The summed E-state index contributed by atoms with van der Waals surface area (Å²) >= 11 is 0. The number of hydrogen-bond donors (Lipinski definition) is 1. The molecule has 0 heterocycles. The van der Waals surface area contributed by atoms with Crippen LogP contribution in [0.5, 0.6) is 0 Å². The van der Waals surface area contributed by atoms with E-state index in [1.54, 1.807) is 0 Å². The number of rotatable bonds is 4. The molecule has 104 valence electrons. The Hall–Kier alpha value is -1.42. The van der Waals surface area contributed by atoms with Gasteiger partial charge in [0.25, 0.3) is 0 Å². The van der Waals surface area contributed by atoms with Crippen LogP contribution >= 0.6 is 0 Å². The maximum atomic E-state index is 13.3. The van der Waals surface area contributed by atoms with Crippen molar-refractivity contribution in [3.63, 3.8) is 0 Å². The average Bonchev–Trinajstić information content (AvgIpc) is 2.39. The number of aromatic carboxylic acids is 1. The summed E-state index contributed by atoms with van der Waals surface area (Å²) < 4.78 is 13.3. The van der Waals surface area contributed by atoms with Gasteiger partial charge < -0.3 is 5.11 Å². The molecule has 0 unspecified atom stereocenters. The van der Waals surface area contributed by atoms with Crippen LogP contribution in [0.4, 0.5) is 4.39 Å². The second-order valence-electron chi connectivity index (χ2n) is 5.31. The second kappa shape index (κ2) is 6.15. The molecule has 0 atom stereocenters. The first-order valence-corrected chi connectivity index (χ1v) is 6.80. The molecule has 3 nitrogen and oxygen atoms in total. The van der Waals surface area contributed by atoms with Gasteiger partial charge in [0.05, 0.1) is 5.56 Å². The van der Waals surface area contributed by atoms with Crippen LogP contribution in [-0.2, 0) is 6.54 Å². The van der Waals surface area contributed by atoms with Gasteiger partial charge >= 0.3 is 5.97 Å². The minimum absolute atomic E-state index is 0.198. The summed E-state index contributed by atoms with van der Waals surface area (Å²) in [7, 11) is 1.99. The van der Waals surface area contributed by atoms with Crippen LogP contribution in [0.3, 0.4) is 0 Å². The zero-order valence-corrected chi connectivity index (χ0v) is 11.2. The van der Waals surface area contributed by atoms with Gasteiger partial charge in [-0.15, -0.1) is 0 Å². The third kappa shape index (κ3) is 3.53. The van der Waals surface area contributed by atoms with Gasteiger partial charge in [-0.2, -0.15) is 0 Å². The molecule has 0 aromatic heterocycles. The molecule has 1 aliphatic carbocycles. The molecule has 0 radical (unpaired) electrons. The van der Waals surface area contributed by atoms with Gasteiger partial charge in [0.1, 0.15) is 5.82 Å². The van der Waals surface area contributed by atoms with Gasteiger partial charge in [0, 0.05) is 12.6 Å². The van der Waals surface area contributed by atoms with Crippen molar-refractivity contribution < 1.29 is 14.3 Å². The third-order valence-electron chi connectivity index (χ3n) is 3.92. The van der Waals surface area contributed by atoms with Gasteiger partial charge in [-0.3, -0.25) is 4.90 Å². The Morgan fingerprint density at radius 1 is 1.37 bits per heavy atom. The molecule has 2 rings (SSSR count). The SMILES string of the molecule is CN(Cc1cc(F)ccc1C(=O)O)C1CCCCC1. The average molecular weight is 265 g/mol. The molecule has 0 spiro atoms. The maximum Gasteiger partial charge on any atom is 0.336 e. The van der Waals surface area contributed by atoms with Crippen LogP contribution in [0.1, 0.15) is 48.0 Å². The standard InChI is InChI=1S/C15H20FNO2/c1-17(13-5-3-2-4-6-13)10-11-9-12(16)7-8-14(11)15(18)19/h7-9,13H,2-6,10H2,1H3,(H,18,19). The van der Waals surface area contributed by atoms with Crippen LogP contribution in [-0.4, -0.2) is 29.1 Å². The van der Waals surface area contributed by atoms with Crippen LogP contribution in [0.15, 0.2) is 18.2 Å². The highest BCUT2D eigenvalue weighted by Crippen LogP contribution is 2.24. The molecule has 1 fully saturated rings. The smallest absolute Gasteiger partial charge is 0.336 e. The van der Waals surface area contributed by atoms with Crippen molar-refractivity contribution in [2.45, 2.75) is 44.7 Å². The Bertz CT molecular complexity index is 455. The number of carbonyl (C=O) groups is 1. The maximum absolute atomic E-state index is 13.3. The minimum Gasteiger partial charge on any atom is -0.478 e. The summed E-state index contributed by atoms with van der Waals surface area (Å²) in [6, 6.07) is 4.37. The predicted molar refractivity (Wildman–Crippen MR) is 71.7 cm³/mol. The van der Waals surface area contributed by atoms with E-state index in [4.69, 9.17) is 5.11 Å². The zero-order chi connectivity index (χ0) is 13.8. The highest BCUT2D eigenvalue weighted by molar-refractivity contribution is 5.89. The van der Waals surface area contributed by atoms with E-state index in [0.717, 1.165) is 12.8 Å². The van der Waals surface area contributed by atoms with E-state index in [1.807, 2.05) is 7.05 Å². The number of hydrogen-bond acceptors (Lipinski definition) is 2. The molecule has 1 N–H and O–H groups in total. The Morgan fingerprint density at radius 2 is 2.05 bits per heavy atom. The third-order valence-corrected chi connectivity index (χ3v) is 3.92. The lowest BCUT2D eigenvalue weighted by Gasteiger charge is -2.31. The summed E-state index contributed by atoms with van der Waals surface area (Å²) in [4.78, 5) is 13.3. The monoisotopic (exact) mass is 265 g/mol. The van der Waals surface area contributed by atoms with Gasteiger partial charge in [-0.1, -0.05) is 19.3 Å². The fraction of sp³-hybridized carbons (Fsp3) is 0.533. The highest BCUT2D eigenvalue weighted by atomic mass is 19.1. The molecule has 1 aromatic rings. The number of halogens is 1. The van der Waals surface area contributed by atoms with Crippen molar-refractivity contribution in [1.82, 2.24) is 4.90 Å². The largest absolute Gasteiger partial charge is 0.478 e. The first-order chi connectivity index (χ1) is 9.08. The summed E-state index contributed by atoms with van der Waals surface area (Å²) in [5.74, 6) is -1.37. The fourth-order valence-electron chi connectivity index (χ4n) is 2.82. The van der Waals surface area contributed by atoms with Gasteiger partial charge in [0.15, 0.2) is 0 Å². The quantitative estimate of drug-likeness (QED) is 0.908. The van der Waals surface area contributed by atoms with Crippen LogP contribution in [0.25, 0.3) is 0 Å². The van der Waals surface area contributed by atoms with Crippen molar-refractivity contribution in [2.75, 3.05) is 7.05 Å². The first-order valence-electron chi connectivity index (χ1n) is 6.80. The molecular weight excluding hydrogens is 245 g/mol. The van der Waals surface area contributed by atoms with E-state index >= 15 is 0 Å². The number of carboxylic acid groups (broad SMARTS) is 1. The molecular formula is C15H20FNO2. The van der Waals surface area contributed by atoms with E-state index in [-0.39, 0.29) is 11.4 Å². The van der Waals surface area contributed by atoms with Gasteiger partial charge in [-0.05, 0) is 43.7 Å². The van der Waals surface area contributed by atoms with E-state index in [0.29, 0.717) is 18.2 Å². The van der Waals surface area contributed by atoms with Crippen LogP contribution < -0.4 is 0 Å². The Balaban J connectivity index is 2.12. The van der Waals surface area contributed by atoms with Crippen molar-refractivity contribution >= 4 is 5.97 Å². The van der Waals surface area contributed by atoms with Crippen LogP contribution in [0.2, 0.25) is 0 Å². The molecule has 0 amide bonds. The van der Waals surface area contributed by atoms with Crippen molar-refractivity contribution in [3.8, 4) is 0 Å². The number of benzene rings is 1. The summed E-state index contributed by atoms with van der Waals surface area (Å²) in [5.41, 5.74) is 0.754. The molecule has 0 aliphatic heterocycles. The molecule has 1 aromatic carbocycles. The van der Waals surface area contributed by atoms with E-state index in [2.05, 4.69) is 4.90 Å². The molecule has 0 bridgehead atoms.